The molecule has 114 valence electrons. The molecule has 0 fully saturated rings. The first-order valence-corrected chi connectivity index (χ1v) is 9.17. The van der Waals surface area contributed by atoms with Crippen LogP contribution in [-0.2, 0) is 0 Å². The Morgan fingerprint density at radius 1 is 1.09 bits per heavy atom. The van der Waals surface area contributed by atoms with Gasteiger partial charge in [0.15, 0.2) is 0 Å². The van der Waals surface area contributed by atoms with Crippen LogP contribution in [0, 0.1) is 0 Å². The summed E-state index contributed by atoms with van der Waals surface area (Å²) < 4.78 is 0. The van der Waals surface area contributed by atoms with Gasteiger partial charge in [0.2, 0.25) is 0 Å². The molecular weight excluding hydrogens is 324 g/mol. The number of hydrogen-bond donors (Lipinski definition) is 0. The summed E-state index contributed by atoms with van der Waals surface area (Å²) in [5.74, 6) is -0.0286. The molecule has 1 atom stereocenters. The molecule has 4 rings (SSSR count). The number of carbonyl (C=O) groups excluding carboxylic acids is 1. The minimum atomic E-state index is -0.0410. The number of nitrogens with zero attached hydrogens (tertiary/aromatic N) is 2. The van der Waals surface area contributed by atoms with Gasteiger partial charge in [0.25, 0.3) is 5.91 Å². The van der Waals surface area contributed by atoms with Crippen LogP contribution in [0.1, 0.15) is 33.3 Å². The van der Waals surface area contributed by atoms with Crippen LogP contribution in [0.25, 0.3) is 0 Å². The maximum Gasteiger partial charge on any atom is 0.284 e. The van der Waals surface area contributed by atoms with Gasteiger partial charge in [-0.05, 0) is 33.8 Å². The molecule has 0 radical (unpaired) electrons. The van der Waals surface area contributed by atoms with Gasteiger partial charge in [-0.3, -0.25) is 4.79 Å². The number of carbonyl (C=O) groups is 1. The first kappa shape index (κ1) is 14.4. The summed E-state index contributed by atoms with van der Waals surface area (Å²) in [6.45, 7) is 0. The standard InChI is InChI=1S/C18H14N2OS2/c21-18(17-7-4-9-23-17)20-16(13-5-2-1-3-6-13)11-15(19-20)14-8-10-22-12-14/h1-10,12,16H,11H2/t16-/m0/s1. The zero-order chi connectivity index (χ0) is 15.6. The average Bonchev–Trinajstić information content (AvgIpc) is 3.35. The molecule has 3 heterocycles. The molecule has 1 aliphatic rings. The maximum absolute atomic E-state index is 12.8. The van der Waals surface area contributed by atoms with E-state index in [1.54, 1.807) is 16.3 Å². The minimum Gasteiger partial charge on any atom is -0.266 e. The van der Waals surface area contributed by atoms with Crippen molar-refractivity contribution in [2.24, 2.45) is 5.10 Å². The van der Waals surface area contributed by atoms with Gasteiger partial charge >= 0.3 is 0 Å². The SMILES string of the molecule is O=C(c1cccs1)N1N=C(c2ccsc2)C[C@H]1c1ccccc1. The Labute approximate surface area is 142 Å². The third-order valence-corrected chi connectivity index (χ3v) is 5.43. The van der Waals surface area contributed by atoms with E-state index in [0.717, 1.165) is 28.1 Å². The van der Waals surface area contributed by atoms with Crippen molar-refractivity contribution in [2.75, 3.05) is 0 Å². The average molecular weight is 338 g/mol. The van der Waals surface area contributed by atoms with E-state index in [0.29, 0.717) is 0 Å². The van der Waals surface area contributed by atoms with Crippen LogP contribution in [0.15, 0.2) is 69.8 Å². The summed E-state index contributed by atoms with van der Waals surface area (Å²) >= 11 is 3.10. The highest BCUT2D eigenvalue weighted by molar-refractivity contribution is 7.12. The van der Waals surface area contributed by atoms with E-state index in [9.17, 15) is 4.79 Å². The highest BCUT2D eigenvalue weighted by atomic mass is 32.1. The van der Waals surface area contributed by atoms with Gasteiger partial charge < -0.3 is 0 Å². The second-order valence-corrected chi connectivity index (χ2v) is 7.04. The van der Waals surface area contributed by atoms with Crippen LogP contribution in [0.4, 0.5) is 0 Å². The monoisotopic (exact) mass is 338 g/mol. The van der Waals surface area contributed by atoms with Crippen molar-refractivity contribution in [3.8, 4) is 0 Å². The smallest absolute Gasteiger partial charge is 0.266 e. The van der Waals surface area contributed by atoms with E-state index in [2.05, 4.69) is 28.7 Å². The van der Waals surface area contributed by atoms with Gasteiger partial charge in [-0.1, -0.05) is 36.4 Å². The predicted molar refractivity (Wildman–Crippen MR) is 95.1 cm³/mol. The van der Waals surface area contributed by atoms with Crippen molar-refractivity contribution in [3.05, 3.63) is 80.7 Å². The Hall–Kier alpha value is -2.24. The van der Waals surface area contributed by atoms with E-state index in [-0.39, 0.29) is 11.9 Å². The molecule has 1 aromatic carbocycles. The van der Waals surface area contributed by atoms with Gasteiger partial charge in [-0.25, -0.2) is 5.01 Å². The summed E-state index contributed by atoms with van der Waals surface area (Å²) in [6.07, 6.45) is 0.748. The fraction of sp³-hybridized carbons (Fsp3) is 0.111. The lowest BCUT2D eigenvalue weighted by Crippen LogP contribution is -2.26. The van der Waals surface area contributed by atoms with Crippen LogP contribution in [0.5, 0.6) is 0 Å². The highest BCUT2D eigenvalue weighted by Gasteiger charge is 2.33. The summed E-state index contributed by atoms with van der Waals surface area (Å²) in [7, 11) is 0. The number of hydrazone groups is 1. The summed E-state index contributed by atoms with van der Waals surface area (Å²) in [5, 5.41) is 12.4. The number of amides is 1. The lowest BCUT2D eigenvalue weighted by Gasteiger charge is -2.21. The lowest BCUT2D eigenvalue weighted by atomic mass is 10.00. The fourth-order valence-corrected chi connectivity index (χ4v) is 4.07. The van der Waals surface area contributed by atoms with E-state index in [1.165, 1.54) is 11.3 Å². The molecule has 5 heteroatoms. The van der Waals surface area contributed by atoms with Crippen LogP contribution < -0.4 is 0 Å². The predicted octanol–water partition coefficient (Wildman–Crippen LogP) is 4.80. The van der Waals surface area contributed by atoms with Crippen LogP contribution in [0.2, 0.25) is 0 Å². The first-order valence-electron chi connectivity index (χ1n) is 7.35. The maximum atomic E-state index is 12.8. The van der Waals surface area contributed by atoms with Crippen LogP contribution in [-0.4, -0.2) is 16.6 Å². The topological polar surface area (TPSA) is 32.7 Å². The van der Waals surface area contributed by atoms with Gasteiger partial charge in [-0.2, -0.15) is 16.4 Å². The number of thiophene rings is 2. The molecule has 23 heavy (non-hydrogen) atoms. The lowest BCUT2D eigenvalue weighted by molar-refractivity contribution is 0.0716. The van der Waals surface area contributed by atoms with Crippen LogP contribution in [0.3, 0.4) is 0 Å². The zero-order valence-electron chi connectivity index (χ0n) is 12.3. The largest absolute Gasteiger partial charge is 0.284 e. The summed E-state index contributed by atoms with van der Waals surface area (Å²) in [6, 6.07) is 15.9. The van der Waals surface area contributed by atoms with Gasteiger partial charge in [-0.15, -0.1) is 11.3 Å². The molecule has 0 saturated heterocycles. The molecule has 0 N–H and O–H groups in total. The van der Waals surface area contributed by atoms with E-state index in [4.69, 9.17) is 0 Å². The van der Waals surface area contributed by atoms with Crippen molar-refractivity contribution < 1.29 is 4.79 Å². The fourth-order valence-electron chi connectivity index (χ4n) is 2.75. The third-order valence-electron chi connectivity index (χ3n) is 3.89. The second kappa shape index (κ2) is 6.10. The Balaban J connectivity index is 1.72. The Morgan fingerprint density at radius 2 is 1.96 bits per heavy atom. The molecule has 3 aromatic rings. The molecule has 0 aliphatic carbocycles. The number of rotatable bonds is 3. The molecule has 0 saturated carbocycles. The quantitative estimate of drug-likeness (QED) is 0.675. The molecule has 0 unspecified atom stereocenters. The second-order valence-electron chi connectivity index (χ2n) is 5.32. The van der Waals surface area contributed by atoms with E-state index >= 15 is 0 Å². The Bertz CT molecular complexity index is 823. The Kier molecular flexibility index (Phi) is 3.81. The van der Waals surface area contributed by atoms with Gasteiger partial charge in [0, 0.05) is 12.0 Å². The van der Waals surface area contributed by atoms with Crippen molar-refractivity contribution in [1.29, 1.82) is 0 Å². The van der Waals surface area contributed by atoms with Gasteiger partial charge in [0.1, 0.15) is 0 Å². The molecule has 3 nitrogen and oxygen atoms in total. The molecule has 1 aliphatic heterocycles. The van der Waals surface area contributed by atoms with Gasteiger partial charge in [0.05, 0.1) is 16.6 Å². The van der Waals surface area contributed by atoms with Crippen molar-refractivity contribution in [3.63, 3.8) is 0 Å². The summed E-state index contributed by atoms with van der Waals surface area (Å²) in [4.78, 5) is 13.6. The molecular formula is C18H14N2OS2. The normalized spacial score (nSPS) is 17.3. The number of benzene rings is 1. The summed E-state index contributed by atoms with van der Waals surface area (Å²) in [5.41, 5.74) is 3.20. The zero-order valence-corrected chi connectivity index (χ0v) is 13.9. The minimum absolute atomic E-state index is 0.0286. The van der Waals surface area contributed by atoms with Crippen molar-refractivity contribution in [1.82, 2.24) is 5.01 Å². The van der Waals surface area contributed by atoms with E-state index < -0.39 is 0 Å². The molecule has 1 amide bonds. The third kappa shape index (κ3) is 2.73. The Morgan fingerprint density at radius 3 is 2.65 bits per heavy atom. The molecule has 0 spiro atoms. The van der Waals surface area contributed by atoms with E-state index in [1.807, 2.05) is 41.1 Å². The first-order chi connectivity index (χ1) is 11.3. The molecule has 2 aromatic heterocycles. The van der Waals surface area contributed by atoms with Crippen LogP contribution >= 0.6 is 22.7 Å². The van der Waals surface area contributed by atoms with Crippen molar-refractivity contribution in [2.45, 2.75) is 12.5 Å². The number of hydrogen-bond acceptors (Lipinski definition) is 4. The van der Waals surface area contributed by atoms with Crippen molar-refractivity contribution >= 4 is 34.3 Å². The highest BCUT2D eigenvalue weighted by Crippen LogP contribution is 2.34. The molecule has 0 bridgehead atoms.